The number of aromatic nitrogens is 1. The van der Waals surface area contributed by atoms with E-state index in [-0.39, 0.29) is 23.5 Å². The largest absolute Gasteiger partial charge is 0.376 e. The van der Waals surface area contributed by atoms with Gasteiger partial charge in [0.15, 0.2) is 0 Å². The summed E-state index contributed by atoms with van der Waals surface area (Å²) in [5, 5.41) is 0.679. The molecule has 2 aromatic carbocycles. The molecule has 0 bridgehead atoms. The van der Waals surface area contributed by atoms with Crippen molar-refractivity contribution in [3.63, 3.8) is 0 Å². The Labute approximate surface area is 185 Å². The molecule has 0 radical (unpaired) electrons. The van der Waals surface area contributed by atoms with Gasteiger partial charge < -0.3 is 16.2 Å². The monoisotopic (exact) mass is 441 g/mol. The molecule has 0 amide bonds. The third-order valence-corrected chi connectivity index (χ3v) is 6.01. The van der Waals surface area contributed by atoms with Gasteiger partial charge in [-0.2, -0.15) is 0 Å². The highest BCUT2D eigenvalue weighted by Crippen LogP contribution is 2.38. The minimum absolute atomic E-state index is 0.180. The fourth-order valence-corrected chi connectivity index (χ4v) is 4.57. The van der Waals surface area contributed by atoms with Crippen LogP contribution in [-0.2, 0) is 11.2 Å². The predicted octanol–water partition coefficient (Wildman–Crippen LogP) is 4.46. The molecule has 4 nitrogen and oxygen atoms in total. The number of hydrogen-bond acceptors (Lipinski definition) is 4. The second-order valence-corrected chi connectivity index (χ2v) is 8.08. The molecule has 1 aliphatic rings. The fourth-order valence-electron chi connectivity index (χ4n) is 4.57. The van der Waals surface area contributed by atoms with Crippen molar-refractivity contribution in [1.29, 1.82) is 0 Å². The van der Waals surface area contributed by atoms with Gasteiger partial charge in [0.05, 0.1) is 11.6 Å². The first-order valence-electron chi connectivity index (χ1n) is 10.7. The van der Waals surface area contributed by atoms with Crippen molar-refractivity contribution in [2.75, 3.05) is 13.2 Å². The van der Waals surface area contributed by atoms with Crippen molar-refractivity contribution in [1.82, 2.24) is 4.98 Å². The number of benzene rings is 2. The Balaban J connectivity index is 1.69. The summed E-state index contributed by atoms with van der Waals surface area (Å²) in [7, 11) is 0. The molecule has 168 valence electrons. The lowest BCUT2D eigenvalue weighted by molar-refractivity contribution is -0.0165. The maximum atomic E-state index is 15.0. The van der Waals surface area contributed by atoms with E-state index in [1.165, 1.54) is 18.2 Å². The molecule has 0 saturated carbocycles. The maximum Gasteiger partial charge on any atom is 0.130 e. The molecule has 3 aromatic rings. The lowest BCUT2D eigenvalue weighted by Gasteiger charge is -2.37. The minimum atomic E-state index is -0.526. The van der Waals surface area contributed by atoms with Gasteiger partial charge in [-0.15, -0.1) is 0 Å². The molecule has 1 aromatic heterocycles. The molecule has 1 saturated heterocycles. The van der Waals surface area contributed by atoms with Crippen molar-refractivity contribution in [3.05, 3.63) is 82.8 Å². The highest BCUT2D eigenvalue weighted by atomic mass is 19.1. The van der Waals surface area contributed by atoms with Crippen LogP contribution < -0.4 is 11.5 Å². The molecule has 4 N–H and O–H groups in total. The van der Waals surface area contributed by atoms with Crippen molar-refractivity contribution >= 4 is 17.0 Å². The Morgan fingerprint density at radius 1 is 1.12 bits per heavy atom. The average Bonchev–Trinajstić information content (AvgIpc) is 2.80. The summed E-state index contributed by atoms with van der Waals surface area (Å²) in [5.41, 5.74) is 14.1. The second kappa shape index (κ2) is 9.81. The number of fused-ring (bicyclic) bond motifs is 1. The van der Waals surface area contributed by atoms with Crippen LogP contribution in [0, 0.1) is 17.5 Å². The molecule has 1 aliphatic heterocycles. The van der Waals surface area contributed by atoms with E-state index in [0.717, 1.165) is 17.7 Å². The summed E-state index contributed by atoms with van der Waals surface area (Å²) in [6.45, 7) is 0.705. The van der Waals surface area contributed by atoms with E-state index in [1.807, 2.05) is 0 Å². The minimum Gasteiger partial charge on any atom is -0.376 e. The molecule has 1 fully saturated rings. The van der Waals surface area contributed by atoms with Crippen LogP contribution >= 0.6 is 0 Å². The number of halogens is 3. The van der Waals surface area contributed by atoms with Gasteiger partial charge >= 0.3 is 0 Å². The van der Waals surface area contributed by atoms with Crippen LogP contribution in [0.2, 0.25) is 0 Å². The Kier molecular flexibility index (Phi) is 6.89. The standard InChI is InChI=1S/C25H26F3N3O/c26-16-5-8-23-19(14-16)15(9-11-31-23)13-22(30)25-18(4-2-12-32-25)24-17(3-1-10-29)20(27)6-7-21(24)28/h1,3,5-9,11,14,18,22,25H,2,4,10,12-13,29-30H2/b3-1+/t18-,22-,25?/m1/s1. The van der Waals surface area contributed by atoms with E-state index < -0.39 is 29.7 Å². The summed E-state index contributed by atoms with van der Waals surface area (Å²) >= 11 is 0. The van der Waals surface area contributed by atoms with E-state index in [9.17, 15) is 13.2 Å². The first-order chi connectivity index (χ1) is 15.5. The van der Waals surface area contributed by atoms with Crippen molar-refractivity contribution < 1.29 is 17.9 Å². The summed E-state index contributed by atoms with van der Waals surface area (Å²) in [4.78, 5) is 4.28. The lowest BCUT2D eigenvalue weighted by atomic mass is 9.80. The highest BCUT2D eigenvalue weighted by molar-refractivity contribution is 5.82. The Morgan fingerprint density at radius 2 is 1.94 bits per heavy atom. The molecule has 0 aliphatic carbocycles. The van der Waals surface area contributed by atoms with Crippen LogP contribution in [-0.4, -0.2) is 30.3 Å². The first-order valence-corrected chi connectivity index (χ1v) is 10.7. The van der Waals surface area contributed by atoms with Crippen LogP contribution in [0.3, 0.4) is 0 Å². The Hall–Kier alpha value is -2.74. The van der Waals surface area contributed by atoms with Crippen molar-refractivity contribution in [2.24, 2.45) is 11.5 Å². The van der Waals surface area contributed by atoms with Crippen LogP contribution in [0.5, 0.6) is 0 Å². The SMILES string of the molecule is NC/C=C/c1c(F)ccc(F)c1[C@H]1CCCOC1[C@H](N)Cc1ccnc2ccc(F)cc12. The predicted molar refractivity (Wildman–Crippen MR) is 120 cm³/mol. The van der Waals surface area contributed by atoms with Gasteiger partial charge in [0.2, 0.25) is 0 Å². The van der Waals surface area contributed by atoms with Crippen molar-refractivity contribution in [2.45, 2.75) is 37.3 Å². The van der Waals surface area contributed by atoms with Gasteiger partial charge in [0.25, 0.3) is 0 Å². The van der Waals surface area contributed by atoms with Gasteiger partial charge in [0, 0.05) is 47.8 Å². The number of hydrogen-bond donors (Lipinski definition) is 2. The number of ether oxygens (including phenoxy) is 1. The summed E-state index contributed by atoms with van der Waals surface area (Å²) in [6.07, 6.45) is 5.96. The zero-order chi connectivity index (χ0) is 22.7. The van der Waals surface area contributed by atoms with Gasteiger partial charge in [-0.05, 0) is 61.2 Å². The van der Waals surface area contributed by atoms with Gasteiger partial charge in [-0.1, -0.05) is 12.2 Å². The molecular weight excluding hydrogens is 415 g/mol. The van der Waals surface area contributed by atoms with Crippen LogP contribution in [0.4, 0.5) is 13.2 Å². The van der Waals surface area contributed by atoms with Gasteiger partial charge in [-0.3, -0.25) is 4.98 Å². The van der Waals surface area contributed by atoms with Crippen molar-refractivity contribution in [3.8, 4) is 0 Å². The van der Waals surface area contributed by atoms with Crippen LogP contribution in [0.1, 0.15) is 35.4 Å². The first kappa shape index (κ1) is 22.5. The van der Waals surface area contributed by atoms with Gasteiger partial charge in [0.1, 0.15) is 17.5 Å². The number of rotatable bonds is 6. The average molecular weight is 441 g/mol. The zero-order valence-corrected chi connectivity index (χ0v) is 17.6. The third kappa shape index (κ3) is 4.55. The zero-order valence-electron chi connectivity index (χ0n) is 17.6. The summed E-state index contributed by atoms with van der Waals surface area (Å²) < 4.78 is 49.5. The normalized spacial score (nSPS) is 20.2. The third-order valence-electron chi connectivity index (χ3n) is 6.01. The quantitative estimate of drug-likeness (QED) is 0.593. The van der Waals surface area contributed by atoms with Crippen LogP contribution in [0.25, 0.3) is 17.0 Å². The molecule has 0 spiro atoms. The summed E-state index contributed by atoms with van der Waals surface area (Å²) in [6, 6.07) is 7.97. The van der Waals surface area contributed by atoms with E-state index in [4.69, 9.17) is 16.2 Å². The van der Waals surface area contributed by atoms with E-state index in [0.29, 0.717) is 36.8 Å². The Morgan fingerprint density at radius 3 is 2.75 bits per heavy atom. The topological polar surface area (TPSA) is 74.2 Å². The molecule has 32 heavy (non-hydrogen) atoms. The number of nitrogens with zero attached hydrogens (tertiary/aromatic N) is 1. The molecule has 2 heterocycles. The molecule has 7 heteroatoms. The molecule has 3 atom stereocenters. The highest BCUT2D eigenvalue weighted by Gasteiger charge is 2.35. The fraction of sp³-hybridized carbons (Fsp3) is 0.320. The molecule has 1 unspecified atom stereocenters. The lowest BCUT2D eigenvalue weighted by Crippen LogP contribution is -2.45. The Bertz CT molecular complexity index is 1130. The van der Waals surface area contributed by atoms with Crippen LogP contribution in [0.15, 0.2) is 48.7 Å². The van der Waals surface area contributed by atoms with E-state index in [2.05, 4.69) is 4.98 Å². The maximum absolute atomic E-state index is 15.0. The molecule has 4 rings (SSSR count). The van der Waals surface area contributed by atoms with E-state index >= 15 is 0 Å². The van der Waals surface area contributed by atoms with Gasteiger partial charge in [-0.25, -0.2) is 13.2 Å². The smallest absolute Gasteiger partial charge is 0.130 e. The summed E-state index contributed by atoms with van der Waals surface area (Å²) in [5.74, 6) is -1.78. The van der Waals surface area contributed by atoms with E-state index in [1.54, 1.807) is 24.4 Å². The number of nitrogens with two attached hydrogens (primary N) is 2. The number of pyridine rings is 1. The second-order valence-electron chi connectivity index (χ2n) is 8.08. The molecular formula is C25H26F3N3O.